The summed E-state index contributed by atoms with van der Waals surface area (Å²) in [5.41, 5.74) is 1.88. The number of aromatic nitrogens is 2. The van der Waals surface area contributed by atoms with Crippen LogP contribution in [0.15, 0.2) is 35.1 Å². The fraction of sp³-hybridized carbons (Fsp3) is 0.333. The molecule has 112 valence electrons. The predicted molar refractivity (Wildman–Crippen MR) is 81.9 cm³/mol. The minimum absolute atomic E-state index is 0.144. The van der Waals surface area contributed by atoms with Gasteiger partial charge < -0.3 is 9.47 Å². The number of alkyl halides is 1. The molecule has 0 aliphatic heterocycles. The standard InChI is InChI=1S/C15H17ClN2O3/c1-20-7-6-18-15(19)12(10-16)9-14(17-18)11-4-3-5-13(8-11)21-2/h3-5,8-9H,6-7,10H2,1-2H3. The minimum Gasteiger partial charge on any atom is -0.497 e. The summed E-state index contributed by atoms with van der Waals surface area (Å²) in [7, 11) is 3.19. The van der Waals surface area contributed by atoms with E-state index in [1.165, 1.54) is 4.68 Å². The molecule has 21 heavy (non-hydrogen) atoms. The largest absolute Gasteiger partial charge is 0.497 e. The molecule has 0 aliphatic carbocycles. The second-order valence-corrected chi connectivity index (χ2v) is 4.71. The fourth-order valence-corrected chi connectivity index (χ4v) is 2.14. The molecule has 1 aromatic carbocycles. The van der Waals surface area contributed by atoms with Crippen LogP contribution < -0.4 is 10.3 Å². The van der Waals surface area contributed by atoms with Crippen LogP contribution in [-0.4, -0.2) is 30.6 Å². The van der Waals surface area contributed by atoms with E-state index in [0.717, 1.165) is 11.3 Å². The van der Waals surface area contributed by atoms with Crippen molar-refractivity contribution < 1.29 is 9.47 Å². The fourth-order valence-electron chi connectivity index (χ4n) is 1.95. The Kier molecular flexibility index (Phi) is 5.36. The zero-order valence-electron chi connectivity index (χ0n) is 12.0. The van der Waals surface area contributed by atoms with Gasteiger partial charge in [-0.25, -0.2) is 4.68 Å². The van der Waals surface area contributed by atoms with Crippen molar-refractivity contribution in [2.24, 2.45) is 0 Å². The van der Waals surface area contributed by atoms with E-state index in [0.29, 0.717) is 24.4 Å². The summed E-state index contributed by atoms with van der Waals surface area (Å²) >= 11 is 5.86. The molecule has 0 unspecified atom stereocenters. The number of nitrogens with zero attached hydrogens (tertiary/aromatic N) is 2. The van der Waals surface area contributed by atoms with Crippen molar-refractivity contribution in [3.8, 4) is 17.0 Å². The first-order valence-corrected chi connectivity index (χ1v) is 7.03. The van der Waals surface area contributed by atoms with Gasteiger partial charge >= 0.3 is 0 Å². The first-order chi connectivity index (χ1) is 10.2. The second kappa shape index (κ2) is 7.24. The van der Waals surface area contributed by atoms with E-state index in [4.69, 9.17) is 21.1 Å². The molecule has 5 nitrogen and oxygen atoms in total. The topological polar surface area (TPSA) is 53.4 Å². The van der Waals surface area contributed by atoms with Crippen LogP contribution in [0.1, 0.15) is 5.56 Å². The van der Waals surface area contributed by atoms with Crippen molar-refractivity contribution in [3.05, 3.63) is 46.2 Å². The van der Waals surface area contributed by atoms with Gasteiger partial charge in [-0.2, -0.15) is 5.10 Å². The smallest absolute Gasteiger partial charge is 0.271 e. The van der Waals surface area contributed by atoms with Crippen molar-refractivity contribution >= 4 is 11.6 Å². The van der Waals surface area contributed by atoms with Crippen molar-refractivity contribution in [1.82, 2.24) is 9.78 Å². The maximum atomic E-state index is 12.1. The zero-order chi connectivity index (χ0) is 15.2. The SMILES string of the molecule is COCCn1nc(-c2cccc(OC)c2)cc(CCl)c1=O. The Morgan fingerprint density at radius 1 is 1.29 bits per heavy atom. The molecular formula is C15H17ClN2O3. The quantitative estimate of drug-likeness (QED) is 0.768. The summed E-state index contributed by atoms with van der Waals surface area (Å²) in [5, 5.41) is 4.37. The lowest BCUT2D eigenvalue weighted by Crippen LogP contribution is -2.27. The molecule has 6 heteroatoms. The van der Waals surface area contributed by atoms with Gasteiger partial charge in [0.2, 0.25) is 0 Å². The van der Waals surface area contributed by atoms with E-state index in [1.54, 1.807) is 20.3 Å². The van der Waals surface area contributed by atoms with E-state index in [-0.39, 0.29) is 11.4 Å². The van der Waals surface area contributed by atoms with Crippen LogP contribution in [-0.2, 0) is 17.2 Å². The van der Waals surface area contributed by atoms with Gasteiger partial charge in [-0.1, -0.05) is 12.1 Å². The summed E-state index contributed by atoms with van der Waals surface area (Å²) in [4.78, 5) is 12.1. The van der Waals surface area contributed by atoms with Gasteiger partial charge in [-0.3, -0.25) is 4.79 Å². The average Bonchev–Trinajstić information content (AvgIpc) is 2.54. The van der Waals surface area contributed by atoms with Crippen LogP contribution in [0.4, 0.5) is 0 Å². The van der Waals surface area contributed by atoms with Gasteiger partial charge in [0.1, 0.15) is 5.75 Å². The summed E-state index contributed by atoms with van der Waals surface area (Å²) < 4.78 is 11.6. The third-order valence-electron chi connectivity index (χ3n) is 3.07. The highest BCUT2D eigenvalue weighted by atomic mass is 35.5. The lowest BCUT2D eigenvalue weighted by molar-refractivity contribution is 0.182. The van der Waals surface area contributed by atoms with Crippen LogP contribution in [0.5, 0.6) is 5.75 Å². The monoisotopic (exact) mass is 308 g/mol. The lowest BCUT2D eigenvalue weighted by Gasteiger charge is -2.10. The molecule has 2 aromatic rings. The summed E-state index contributed by atoms with van der Waals surface area (Å²) in [6, 6.07) is 9.22. The first kappa shape index (κ1) is 15.5. The highest BCUT2D eigenvalue weighted by Crippen LogP contribution is 2.22. The summed E-state index contributed by atoms with van der Waals surface area (Å²) in [6.45, 7) is 0.799. The Balaban J connectivity index is 2.49. The van der Waals surface area contributed by atoms with Crippen LogP contribution in [0, 0.1) is 0 Å². The number of methoxy groups -OCH3 is 2. The second-order valence-electron chi connectivity index (χ2n) is 4.44. The van der Waals surface area contributed by atoms with Gasteiger partial charge in [-0.05, 0) is 18.2 Å². The molecule has 2 rings (SSSR count). The maximum Gasteiger partial charge on any atom is 0.271 e. The molecule has 0 amide bonds. The number of hydrogen-bond acceptors (Lipinski definition) is 4. The van der Waals surface area contributed by atoms with E-state index < -0.39 is 0 Å². The molecular weight excluding hydrogens is 292 g/mol. The Bertz CT molecular complexity index is 670. The Labute approximate surface area is 128 Å². The molecule has 1 aromatic heterocycles. The molecule has 0 spiro atoms. The van der Waals surface area contributed by atoms with E-state index in [2.05, 4.69) is 5.10 Å². The van der Waals surface area contributed by atoms with E-state index >= 15 is 0 Å². The summed E-state index contributed by atoms with van der Waals surface area (Å²) in [6.07, 6.45) is 0. The van der Waals surface area contributed by atoms with Crippen molar-refractivity contribution in [3.63, 3.8) is 0 Å². The Hall–Kier alpha value is -1.85. The van der Waals surface area contributed by atoms with Gasteiger partial charge in [0, 0.05) is 18.2 Å². The number of hydrogen-bond donors (Lipinski definition) is 0. The van der Waals surface area contributed by atoms with Crippen molar-refractivity contribution in [2.75, 3.05) is 20.8 Å². The third kappa shape index (κ3) is 3.62. The van der Waals surface area contributed by atoms with E-state index in [1.807, 2.05) is 24.3 Å². The number of rotatable bonds is 6. The third-order valence-corrected chi connectivity index (χ3v) is 3.35. The van der Waals surface area contributed by atoms with Gasteiger partial charge in [0.05, 0.1) is 31.8 Å². The zero-order valence-corrected chi connectivity index (χ0v) is 12.8. The average molecular weight is 309 g/mol. The highest BCUT2D eigenvalue weighted by molar-refractivity contribution is 6.17. The van der Waals surface area contributed by atoms with Gasteiger partial charge in [0.25, 0.3) is 5.56 Å². The van der Waals surface area contributed by atoms with Crippen LogP contribution in [0.25, 0.3) is 11.3 Å². The van der Waals surface area contributed by atoms with Crippen LogP contribution >= 0.6 is 11.6 Å². The van der Waals surface area contributed by atoms with E-state index in [9.17, 15) is 4.79 Å². The molecule has 0 bridgehead atoms. The number of ether oxygens (including phenoxy) is 2. The van der Waals surface area contributed by atoms with Gasteiger partial charge in [-0.15, -0.1) is 11.6 Å². The number of benzene rings is 1. The predicted octanol–water partition coefficient (Wildman–Crippen LogP) is 2.30. The Morgan fingerprint density at radius 2 is 2.10 bits per heavy atom. The number of halogens is 1. The van der Waals surface area contributed by atoms with Crippen molar-refractivity contribution in [2.45, 2.75) is 12.4 Å². The maximum absolute atomic E-state index is 12.1. The summed E-state index contributed by atoms with van der Waals surface area (Å²) in [5.74, 6) is 0.877. The molecule has 0 saturated heterocycles. The molecule has 0 aliphatic rings. The normalized spacial score (nSPS) is 10.6. The van der Waals surface area contributed by atoms with Gasteiger partial charge in [0.15, 0.2) is 0 Å². The van der Waals surface area contributed by atoms with Crippen LogP contribution in [0.2, 0.25) is 0 Å². The van der Waals surface area contributed by atoms with Crippen molar-refractivity contribution in [1.29, 1.82) is 0 Å². The molecule has 0 atom stereocenters. The first-order valence-electron chi connectivity index (χ1n) is 6.50. The molecule has 0 fully saturated rings. The minimum atomic E-state index is -0.186. The highest BCUT2D eigenvalue weighted by Gasteiger charge is 2.10. The molecule has 0 radical (unpaired) electrons. The molecule has 0 saturated carbocycles. The molecule has 0 N–H and O–H groups in total. The van der Waals surface area contributed by atoms with Crippen LogP contribution in [0.3, 0.4) is 0 Å². The lowest BCUT2D eigenvalue weighted by atomic mass is 10.1. The Morgan fingerprint density at radius 3 is 2.76 bits per heavy atom. The molecule has 1 heterocycles.